The predicted molar refractivity (Wildman–Crippen MR) is 117 cm³/mol. The second-order valence-corrected chi connectivity index (χ2v) is 8.98. The van der Waals surface area contributed by atoms with Gasteiger partial charge in [0.1, 0.15) is 5.82 Å². The Hall–Kier alpha value is -2.30. The quantitative estimate of drug-likeness (QED) is 0.555. The van der Waals surface area contributed by atoms with Crippen LogP contribution in [0.1, 0.15) is 30.8 Å². The second-order valence-electron chi connectivity index (χ2n) is 7.18. The molecule has 0 atom stereocenters. The van der Waals surface area contributed by atoms with Gasteiger partial charge in [-0.15, -0.1) is 21.5 Å². The van der Waals surface area contributed by atoms with E-state index in [1.165, 1.54) is 54.5 Å². The number of rotatable bonds is 7. The van der Waals surface area contributed by atoms with Crippen molar-refractivity contribution in [1.82, 2.24) is 24.6 Å². The fourth-order valence-corrected chi connectivity index (χ4v) is 4.84. The van der Waals surface area contributed by atoms with Gasteiger partial charge in [0.05, 0.1) is 18.0 Å². The van der Waals surface area contributed by atoms with E-state index in [-0.39, 0.29) is 17.5 Å². The molecular weight excluding hydrogens is 423 g/mol. The molecule has 158 valence electrons. The molecule has 0 unspecified atom stereocenters. The molecule has 1 amide bonds. The molecule has 2 aromatic heterocycles. The smallest absolute Gasteiger partial charge is 0.236 e. The van der Waals surface area contributed by atoms with Gasteiger partial charge in [0.25, 0.3) is 0 Å². The van der Waals surface area contributed by atoms with Crippen molar-refractivity contribution >= 4 is 34.1 Å². The van der Waals surface area contributed by atoms with E-state index < -0.39 is 0 Å². The number of thioether (sulfide) groups is 1. The number of benzene rings is 1. The largest absolute Gasteiger partial charge is 0.301 e. The summed E-state index contributed by atoms with van der Waals surface area (Å²) in [5, 5.41) is 14.6. The van der Waals surface area contributed by atoms with Crippen LogP contribution in [0, 0.1) is 12.7 Å². The molecule has 10 heteroatoms. The number of carbonyl (C=O) groups excluding carboxylic acids is 1. The number of nitrogens with zero attached hydrogens (tertiary/aromatic N) is 5. The number of nitrogens with one attached hydrogen (secondary N) is 1. The van der Waals surface area contributed by atoms with Gasteiger partial charge in [0.15, 0.2) is 16.1 Å². The Morgan fingerprint density at radius 3 is 2.67 bits per heavy atom. The molecule has 4 rings (SSSR count). The monoisotopic (exact) mass is 446 g/mol. The van der Waals surface area contributed by atoms with Crippen LogP contribution in [-0.4, -0.2) is 49.4 Å². The van der Waals surface area contributed by atoms with E-state index in [1.807, 2.05) is 16.9 Å². The predicted octanol–water partition coefficient (Wildman–Crippen LogP) is 3.89. The molecule has 0 bridgehead atoms. The Morgan fingerprint density at radius 1 is 1.20 bits per heavy atom. The van der Waals surface area contributed by atoms with Gasteiger partial charge in [0.2, 0.25) is 5.91 Å². The Bertz CT molecular complexity index is 997. The van der Waals surface area contributed by atoms with Gasteiger partial charge in [0, 0.05) is 11.1 Å². The summed E-state index contributed by atoms with van der Waals surface area (Å²) in [4.78, 5) is 18.9. The third kappa shape index (κ3) is 5.24. The normalized spacial score (nSPS) is 14.7. The van der Waals surface area contributed by atoms with Crippen LogP contribution in [0.4, 0.5) is 9.52 Å². The van der Waals surface area contributed by atoms with Gasteiger partial charge in [-0.2, -0.15) is 0 Å². The summed E-state index contributed by atoms with van der Waals surface area (Å²) in [6, 6.07) is 6.26. The van der Waals surface area contributed by atoms with E-state index in [1.54, 1.807) is 12.1 Å². The number of piperidine rings is 1. The van der Waals surface area contributed by atoms with Crippen molar-refractivity contribution in [3.05, 3.63) is 47.0 Å². The van der Waals surface area contributed by atoms with E-state index in [9.17, 15) is 9.18 Å². The SMILES string of the molecule is Cc1csc(NC(=O)CSc2nnc(CN3CCCCC3)n2-c2ccc(F)cc2)n1. The molecule has 0 spiro atoms. The van der Waals surface area contributed by atoms with Crippen molar-refractivity contribution in [1.29, 1.82) is 0 Å². The number of anilines is 1. The molecule has 1 saturated heterocycles. The maximum Gasteiger partial charge on any atom is 0.236 e. The molecule has 1 N–H and O–H groups in total. The lowest BCUT2D eigenvalue weighted by Crippen LogP contribution is -2.30. The molecule has 30 heavy (non-hydrogen) atoms. The summed E-state index contributed by atoms with van der Waals surface area (Å²) in [6.45, 7) is 4.63. The highest BCUT2D eigenvalue weighted by Gasteiger charge is 2.19. The van der Waals surface area contributed by atoms with Crippen LogP contribution in [0.2, 0.25) is 0 Å². The van der Waals surface area contributed by atoms with Crippen LogP contribution in [0.3, 0.4) is 0 Å². The number of aryl methyl sites for hydroxylation is 1. The van der Waals surface area contributed by atoms with E-state index in [0.29, 0.717) is 16.8 Å². The zero-order valence-electron chi connectivity index (χ0n) is 16.7. The van der Waals surface area contributed by atoms with Gasteiger partial charge in [-0.05, 0) is 57.1 Å². The zero-order chi connectivity index (χ0) is 20.9. The first-order valence-corrected chi connectivity index (χ1v) is 11.7. The summed E-state index contributed by atoms with van der Waals surface area (Å²) < 4.78 is 15.4. The lowest BCUT2D eigenvalue weighted by molar-refractivity contribution is -0.113. The minimum Gasteiger partial charge on any atom is -0.301 e. The van der Waals surface area contributed by atoms with Crippen molar-refractivity contribution in [2.45, 2.75) is 37.9 Å². The number of hydrogen-bond donors (Lipinski definition) is 1. The first-order valence-electron chi connectivity index (χ1n) is 9.86. The lowest BCUT2D eigenvalue weighted by Gasteiger charge is -2.26. The minimum atomic E-state index is -0.295. The average Bonchev–Trinajstić information content (AvgIpc) is 3.33. The van der Waals surface area contributed by atoms with Crippen LogP contribution in [-0.2, 0) is 11.3 Å². The zero-order valence-corrected chi connectivity index (χ0v) is 18.3. The highest BCUT2D eigenvalue weighted by atomic mass is 32.2. The number of carbonyl (C=O) groups is 1. The molecular formula is C20H23FN6OS2. The third-order valence-corrected chi connectivity index (χ3v) is 6.60. The van der Waals surface area contributed by atoms with E-state index in [4.69, 9.17) is 0 Å². The van der Waals surface area contributed by atoms with Crippen LogP contribution in [0.25, 0.3) is 5.69 Å². The van der Waals surface area contributed by atoms with Gasteiger partial charge >= 0.3 is 0 Å². The summed E-state index contributed by atoms with van der Waals surface area (Å²) in [7, 11) is 0. The van der Waals surface area contributed by atoms with Crippen molar-refractivity contribution in [2.75, 3.05) is 24.2 Å². The Labute approximate surface area is 182 Å². The molecule has 1 aliphatic heterocycles. The van der Waals surface area contributed by atoms with Crippen LogP contribution < -0.4 is 5.32 Å². The van der Waals surface area contributed by atoms with E-state index in [2.05, 4.69) is 25.4 Å². The molecule has 0 radical (unpaired) electrons. The summed E-state index contributed by atoms with van der Waals surface area (Å²) in [6.07, 6.45) is 3.63. The summed E-state index contributed by atoms with van der Waals surface area (Å²) >= 11 is 2.70. The highest BCUT2D eigenvalue weighted by Crippen LogP contribution is 2.24. The Balaban J connectivity index is 1.51. The molecule has 1 aromatic carbocycles. The number of likely N-dealkylation sites (tertiary alicyclic amines) is 1. The number of thiazole rings is 1. The molecule has 0 saturated carbocycles. The van der Waals surface area contributed by atoms with Crippen molar-refractivity contribution in [3.63, 3.8) is 0 Å². The maximum atomic E-state index is 13.5. The molecule has 1 aliphatic rings. The fourth-order valence-electron chi connectivity index (χ4n) is 3.36. The van der Waals surface area contributed by atoms with E-state index in [0.717, 1.165) is 30.3 Å². The standard InChI is InChI=1S/C20H23FN6OS2/c1-14-12-29-19(22-14)23-18(28)13-30-20-25-24-17(11-26-9-3-2-4-10-26)27(20)16-7-5-15(21)6-8-16/h5-8,12H,2-4,9-11,13H2,1H3,(H,22,23,28). The first-order chi connectivity index (χ1) is 14.6. The van der Waals surface area contributed by atoms with Crippen LogP contribution >= 0.6 is 23.1 Å². The number of aromatic nitrogens is 4. The van der Waals surface area contributed by atoms with Crippen LogP contribution in [0.5, 0.6) is 0 Å². The van der Waals surface area contributed by atoms with Crippen molar-refractivity contribution in [2.24, 2.45) is 0 Å². The van der Waals surface area contributed by atoms with Crippen molar-refractivity contribution in [3.8, 4) is 5.69 Å². The second kappa shape index (κ2) is 9.67. The maximum absolute atomic E-state index is 13.5. The summed E-state index contributed by atoms with van der Waals surface area (Å²) in [5.41, 5.74) is 1.66. The van der Waals surface area contributed by atoms with Gasteiger partial charge in [-0.25, -0.2) is 9.37 Å². The lowest BCUT2D eigenvalue weighted by atomic mass is 10.1. The highest BCUT2D eigenvalue weighted by molar-refractivity contribution is 7.99. The van der Waals surface area contributed by atoms with Gasteiger partial charge < -0.3 is 5.32 Å². The van der Waals surface area contributed by atoms with Gasteiger partial charge in [-0.3, -0.25) is 14.3 Å². The number of hydrogen-bond acceptors (Lipinski definition) is 7. The van der Waals surface area contributed by atoms with Gasteiger partial charge in [-0.1, -0.05) is 18.2 Å². The number of amides is 1. The number of halogens is 1. The van der Waals surface area contributed by atoms with Crippen molar-refractivity contribution < 1.29 is 9.18 Å². The van der Waals surface area contributed by atoms with Crippen LogP contribution in [0.15, 0.2) is 34.8 Å². The summed E-state index contributed by atoms with van der Waals surface area (Å²) in [5.74, 6) is 0.529. The molecule has 3 aromatic rings. The van der Waals surface area contributed by atoms with E-state index >= 15 is 0 Å². The molecule has 7 nitrogen and oxygen atoms in total. The third-order valence-electron chi connectivity index (χ3n) is 4.80. The molecule has 0 aliphatic carbocycles. The minimum absolute atomic E-state index is 0.152. The topological polar surface area (TPSA) is 75.9 Å². The first kappa shape index (κ1) is 21.0. The Morgan fingerprint density at radius 2 is 1.97 bits per heavy atom. The fraction of sp³-hybridized carbons (Fsp3) is 0.400. The average molecular weight is 447 g/mol. The molecule has 1 fully saturated rings. The Kier molecular flexibility index (Phi) is 6.76. The molecule has 3 heterocycles.